The van der Waals surface area contributed by atoms with E-state index in [2.05, 4.69) is 10.5 Å². The molecule has 2 aliphatic heterocycles. The van der Waals surface area contributed by atoms with E-state index in [1.807, 2.05) is 36.4 Å². The average Bonchev–Trinajstić information content (AvgIpc) is 3.35. The Kier molecular flexibility index (Phi) is 3.36. The predicted molar refractivity (Wildman–Crippen MR) is 100 cm³/mol. The van der Waals surface area contributed by atoms with Gasteiger partial charge in [0, 0.05) is 18.9 Å². The molecule has 136 valence electrons. The molecule has 0 bridgehead atoms. The van der Waals surface area contributed by atoms with Crippen LogP contribution in [0.4, 0.5) is 0 Å². The number of nitrogens with zero attached hydrogens (tertiary/aromatic N) is 2. The molecule has 5 rings (SSSR count). The van der Waals surface area contributed by atoms with Gasteiger partial charge >= 0.3 is 0 Å². The molecule has 0 aliphatic carbocycles. The lowest BCUT2D eigenvalue weighted by Crippen LogP contribution is -2.24. The summed E-state index contributed by atoms with van der Waals surface area (Å²) in [6.07, 6.45) is 0.487. The SMILES string of the molecule is Cn1c(=O)c(C2=NN[C@H](c3ccc4c(c3)OCO4)C2)c(O)c2ccccc21. The smallest absolute Gasteiger partial charge is 0.263 e. The van der Waals surface area contributed by atoms with Gasteiger partial charge in [-0.3, -0.25) is 4.79 Å². The fourth-order valence-electron chi connectivity index (χ4n) is 3.66. The number of hydrazone groups is 1. The monoisotopic (exact) mass is 363 g/mol. The van der Waals surface area contributed by atoms with Gasteiger partial charge in [0.1, 0.15) is 11.3 Å². The molecule has 7 nitrogen and oxygen atoms in total. The molecule has 0 saturated carbocycles. The van der Waals surface area contributed by atoms with E-state index in [1.165, 1.54) is 0 Å². The van der Waals surface area contributed by atoms with Crippen LogP contribution in [0.25, 0.3) is 10.9 Å². The summed E-state index contributed by atoms with van der Waals surface area (Å²) in [6, 6.07) is 12.9. The molecule has 3 aromatic rings. The van der Waals surface area contributed by atoms with Crippen LogP contribution in [-0.2, 0) is 7.05 Å². The fourth-order valence-corrected chi connectivity index (χ4v) is 3.66. The maximum atomic E-state index is 12.8. The summed E-state index contributed by atoms with van der Waals surface area (Å²) >= 11 is 0. The van der Waals surface area contributed by atoms with Crippen LogP contribution in [-0.4, -0.2) is 22.2 Å². The molecule has 0 saturated heterocycles. The van der Waals surface area contributed by atoms with Crippen LogP contribution in [0.2, 0.25) is 0 Å². The first kappa shape index (κ1) is 15.7. The standard InChI is InChI=1S/C20H17N3O4/c1-23-15-5-3-2-4-12(15)19(24)18(20(23)25)14-9-13(21-22-14)11-6-7-16-17(8-11)27-10-26-16/h2-8,13,21,24H,9-10H2,1H3/t13-/m0/s1. The highest BCUT2D eigenvalue weighted by Gasteiger charge is 2.28. The first-order chi connectivity index (χ1) is 13.1. The number of pyridine rings is 1. The van der Waals surface area contributed by atoms with Crippen LogP contribution >= 0.6 is 0 Å². The van der Waals surface area contributed by atoms with Gasteiger partial charge in [0.2, 0.25) is 6.79 Å². The van der Waals surface area contributed by atoms with Gasteiger partial charge in [-0.1, -0.05) is 18.2 Å². The van der Waals surface area contributed by atoms with E-state index in [9.17, 15) is 9.90 Å². The minimum Gasteiger partial charge on any atom is -0.506 e. The number of aromatic nitrogens is 1. The zero-order valence-corrected chi connectivity index (χ0v) is 14.6. The number of aromatic hydroxyl groups is 1. The van der Waals surface area contributed by atoms with Crippen molar-refractivity contribution in [3.05, 3.63) is 63.9 Å². The Morgan fingerprint density at radius 1 is 1.19 bits per heavy atom. The van der Waals surface area contributed by atoms with Crippen molar-refractivity contribution in [2.24, 2.45) is 12.1 Å². The molecule has 1 atom stereocenters. The number of ether oxygens (including phenoxy) is 2. The lowest BCUT2D eigenvalue weighted by Gasteiger charge is -2.12. The average molecular weight is 363 g/mol. The van der Waals surface area contributed by atoms with E-state index in [1.54, 1.807) is 17.7 Å². The molecule has 0 fully saturated rings. The van der Waals surface area contributed by atoms with Crippen LogP contribution in [0.3, 0.4) is 0 Å². The molecule has 27 heavy (non-hydrogen) atoms. The van der Waals surface area contributed by atoms with Crippen molar-refractivity contribution in [1.29, 1.82) is 0 Å². The highest BCUT2D eigenvalue weighted by Crippen LogP contribution is 2.36. The minimum absolute atomic E-state index is 0.0272. The number of aryl methyl sites for hydroxylation is 1. The highest BCUT2D eigenvalue weighted by atomic mass is 16.7. The molecule has 0 unspecified atom stereocenters. The van der Waals surface area contributed by atoms with Crippen molar-refractivity contribution >= 4 is 16.6 Å². The first-order valence-electron chi connectivity index (χ1n) is 8.66. The zero-order chi connectivity index (χ0) is 18.5. The second kappa shape index (κ2) is 5.77. The van der Waals surface area contributed by atoms with E-state index in [0.717, 1.165) is 11.3 Å². The fraction of sp³-hybridized carbons (Fsp3) is 0.200. The second-order valence-corrected chi connectivity index (χ2v) is 6.66. The van der Waals surface area contributed by atoms with Gasteiger partial charge in [-0.25, -0.2) is 0 Å². The molecule has 1 aromatic heterocycles. The molecule has 0 amide bonds. The first-order valence-corrected chi connectivity index (χ1v) is 8.66. The van der Waals surface area contributed by atoms with Crippen molar-refractivity contribution in [2.75, 3.05) is 6.79 Å². The van der Waals surface area contributed by atoms with Crippen LogP contribution < -0.4 is 20.5 Å². The van der Waals surface area contributed by atoms with Gasteiger partial charge in [-0.05, 0) is 29.8 Å². The lowest BCUT2D eigenvalue weighted by molar-refractivity contribution is 0.174. The Balaban J connectivity index is 1.53. The Labute approximate surface area is 154 Å². The van der Waals surface area contributed by atoms with Crippen LogP contribution in [0.1, 0.15) is 23.6 Å². The van der Waals surface area contributed by atoms with Crippen molar-refractivity contribution in [1.82, 2.24) is 9.99 Å². The van der Waals surface area contributed by atoms with Crippen LogP contribution in [0.15, 0.2) is 52.4 Å². The van der Waals surface area contributed by atoms with E-state index in [4.69, 9.17) is 9.47 Å². The van der Waals surface area contributed by atoms with Gasteiger partial charge in [-0.15, -0.1) is 0 Å². The van der Waals surface area contributed by atoms with E-state index in [0.29, 0.717) is 28.8 Å². The van der Waals surface area contributed by atoms with Gasteiger partial charge in [0.25, 0.3) is 5.56 Å². The third-order valence-corrected chi connectivity index (χ3v) is 5.12. The number of nitrogens with one attached hydrogen (secondary N) is 1. The maximum Gasteiger partial charge on any atom is 0.263 e. The third-order valence-electron chi connectivity index (χ3n) is 5.12. The Morgan fingerprint density at radius 2 is 2.00 bits per heavy atom. The minimum atomic E-state index is -0.266. The van der Waals surface area contributed by atoms with Gasteiger partial charge in [0.05, 0.1) is 17.3 Å². The summed E-state index contributed by atoms with van der Waals surface area (Å²) in [5.74, 6) is 1.40. The number of rotatable bonds is 2. The Morgan fingerprint density at radius 3 is 2.89 bits per heavy atom. The Bertz CT molecular complexity index is 1170. The third kappa shape index (κ3) is 2.35. The maximum absolute atomic E-state index is 12.8. The summed E-state index contributed by atoms with van der Waals surface area (Å²) in [7, 11) is 1.70. The highest BCUT2D eigenvalue weighted by molar-refractivity contribution is 6.07. The van der Waals surface area contributed by atoms with Crippen molar-refractivity contribution < 1.29 is 14.6 Å². The number of para-hydroxylation sites is 1. The molecule has 7 heteroatoms. The summed E-state index contributed by atoms with van der Waals surface area (Å²) in [6.45, 7) is 0.222. The van der Waals surface area contributed by atoms with Crippen molar-refractivity contribution in [3.63, 3.8) is 0 Å². The molecule has 2 aromatic carbocycles. The number of benzene rings is 2. The molecule has 0 spiro atoms. The van der Waals surface area contributed by atoms with E-state index in [-0.39, 0.29) is 29.7 Å². The molecule has 3 heterocycles. The summed E-state index contributed by atoms with van der Waals surface area (Å²) in [5, 5.41) is 15.7. The molecular formula is C20H17N3O4. The molecule has 2 aliphatic rings. The quantitative estimate of drug-likeness (QED) is 0.730. The summed E-state index contributed by atoms with van der Waals surface area (Å²) in [5.41, 5.74) is 5.25. The normalized spacial score (nSPS) is 17.8. The van der Waals surface area contributed by atoms with E-state index >= 15 is 0 Å². The molecular weight excluding hydrogens is 346 g/mol. The topological polar surface area (TPSA) is 85.1 Å². The second-order valence-electron chi connectivity index (χ2n) is 6.66. The van der Waals surface area contributed by atoms with Crippen molar-refractivity contribution in [3.8, 4) is 17.2 Å². The van der Waals surface area contributed by atoms with Gasteiger partial charge in [0.15, 0.2) is 11.5 Å². The lowest BCUT2D eigenvalue weighted by atomic mass is 9.98. The predicted octanol–water partition coefficient (Wildman–Crippen LogP) is 2.41. The molecule has 0 radical (unpaired) electrons. The van der Waals surface area contributed by atoms with Gasteiger partial charge < -0.3 is 24.6 Å². The van der Waals surface area contributed by atoms with E-state index < -0.39 is 0 Å². The van der Waals surface area contributed by atoms with Gasteiger partial charge in [-0.2, -0.15) is 5.10 Å². The number of fused-ring (bicyclic) bond motifs is 2. The number of hydrogen-bond acceptors (Lipinski definition) is 6. The number of hydrogen-bond donors (Lipinski definition) is 2. The summed E-state index contributed by atoms with van der Waals surface area (Å²) < 4.78 is 12.3. The molecule has 2 N–H and O–H groups in total. The summed E-state index contributed by atoms with van der Waals surface area (Å²) in [4.78, 5) is 12.8. The van der Waals surface area contributed by atoms with Crippen LogP contribution in [0.5, 0.6) is 17.2 Å². The largest absolute Gasteiger partial charge is 0.506 e. The Hall–Kier alpha value is -3.48. The zero-order valence-electron chi connectivity index (χ0n) is 14.6. The van der Waals surface area contributed by atoms with Crippen LogP contribution in [0, 0.1) is 0 Å². The van der Waals surface area contributed by atoms with Crippen molar-refractivity contribution in [2.45, 2.75) is 12.5 Å².